The van der Waals surface area contributed by atoms with Crippen LogP contribution in [0.4, 0.5) is 0 Å². The summed E-state index contributed by atoms with van der Waals surface area (Å²) in [7, 11) is 1.50. The van der Waals surface area contributed by atoms with Gasteiger partial charge in [0.15, 0.2) is 5.75 Å². The number of hydrogen-bond acceptors (Lipinski definition) is 3. The van der Waals surface area contributed by atoms with Gasteiger partial charge in [0.05, 0.1) is 17.2 Å². The molecule has 0 spiro atoms. The second-order valence-corrected chi connectivity index (χ2v) is 7.73. The molecule has 0 bridgehead atoms. The molecule has 0 aliphatic carbocycles. The summed E-state index contributed by atoms with van der Waals surface area (Å²) in [5.41, 5.74) is 1.77. The summed E-state index contributed by atoms with van der Waals surface area (Å²) < 4.78 is 5.13. The Bertz CT molecular complexity index is 760. The van der Waals surface area contributed by atoms with Gasteiger partial charge in [-0.1, -0.05) is 53.5 Å². The summed E-state index contributed by atoms with van der Waals surface area (Å²) in [6.45, 7) is 3.68. The normalized spacial score (nSPS) is 17.5. The second-order valence-electron chi connectivity index (χ2n) is 6.91. The van der Waals surface area contributed by atoms with Crippen molar-refractivity contribution in [2.45, 2.75) is 19.4 Å². The molecule has 1 amide bonds. The Morgan fingerprint density at radius 1 is 1.22 bits per heavy atom. The molecule has 0 unspecified atom stereocenters. The van der Waals surface area contributed by atoms with E-state index in [4.69, 9.17) is 27.9 Å². The molecule has 1 atom stereocenters. The van der Waals surface area contributed by atoms with Gasteiger partial charge in [-0.25, -0.2) is 0 Å². The monoisotopic (exact) mass is 406 g/mol. The minimum absolute atomic E-state index is 0.165. The molecule has 1 aliphatic heterocycles. The van der Waals surface area contributed by atoms with Crippen LogP contribution >= 0.6 is 23.2 Å². The van der Waals surface area contributed by atoms with Gasteiger partial charge in [0.25, 0.3) is 5.91 Å². The fourth-order valence-corrected chi connectivity index (χ4v) is 4.17. The summed E-state index contributed by atoms with van der Waals surface area (Å²) >= 11 is 12.3. The number of benzene rings is 2. The molecule has 27 heavy (non-hydrogen) atoms. The van der Waals surface area contributed by atoms with Crippen molar-refractivity contribution in [3.8, 4) is 5.75 Å². The van der Waals surface area contributed by atoms with Crippen molar-refractivity contribution < 1.29 is 9.53 Å². The zero-order valence-electron chi connectivity index (χ0n) is 15.4. The summed E-state index contributed by atoms with van der Waals surface area (Å²) in [6.07, 6.45) is 2.27. The number of amides is 1. The van der Waals surface area contributed by atoms with Gasteiger partial charge in [-0.3, -0.25) is 9.69 Å². The van der Waals surface area contributed by atoms with Crippen LogP contribution in [0.2, 0.25) is 10.0 Å². The van der Waals surface area contributed by atoms with E-state index in [1.165, 1.54) is 12.7 Å². The number of methoxy groups -OCH3 is 1. The van der Waals surface area contributed by atoms with Gasteiger partial charge in [-0.15, -0.1) is 0 Å². The maximum atomic E-state index is 12.5. The van der Waals surface area contributed by atoms with Crippen molar-refractivity contribution in [1.82, 2.24) is 10.2 Å². The number of carbonyl (C=O) groups is 1. The Kier molecular flexibility index (Phi) is 7.00. The summed E-state index contributed by atoms with van der Waals surface area (Å²) in [5, 5.41) is 3.69. The molecule has 0 saturated carbocycles. The molecular weight excluding hydrogens is 383 g/mol. The van der Waals surface area contributed by atoms with E-state index in [9.17, 15) is 4.79 Å². The van der Waals surface area contributed by atoms with E-state index in [-0.39, 0.29) is 5.91 Å². The number of piperidine rings is 1. The SMILES string of the molecule is COc1c(Cl)cc(C(=O)NC[C@@H]2CCCN(Cc3ccccc3)C2)cc1Cl. The summed E-state index contributed by atoms with van der Waals surface area (Å²) in [4.78, 5) is 14.9. The molecule has 1 N–H and O–H groups in total. The van der Waals surface area contributed by atoms with Crippen LogP contribution in [-0.2, 0) is 6.54 Å². The topological polar surface area (TPSA) is 41.6 Å². The molecule has 4 nitrogen and oxygen atoms in total. The maximum absolute atomic E-state index is 12.5. The first-order valence-electron chi connectivity index (χ1n) is 9.14. The third kappa shape index (κ3) is 5.38. The molecule has 144 valence electrons. The molecule has 3 rings (SSSR count). The molecule has 6 heteroatoms. The molecular formula is C21H24Cl2N2O2. The van der Waals surface area contributed by atoms with E-state index >= 15 is 0 Å². The molecule has 2 aromatic rings. The number of carbonyl (C=O) groups excluding carboxylic acids is 1. The van der Waals surface area contributed by atoms with Crippen molar-refractivity contribution in [3.05, 3.63) is 63.6 Å². The Morgan fingerprint density at radius 3 is 2.59 bits per heavy atom. The highest BCUT2D eigenvalue weighted by molar-refractivity contribution is 6.37. The molecule has 1 saturated heterocycles. The van der Waals surface area contributed by atoms with Crippen LogP contribution in [0.25, 0.3) is 0 Å². The Balaban J connectivity index is 1.54. The molecule has 1 fully saturated rings. The van der Waals surface area contributed by atoms with E-state index in [1.807, 2.05) is 6.07 Å². The molecule has 2 aromatic carbocycles. The molecule has 1 heterocycles. The fraction of sp³-hybridized carbons (Fsp3) is 0.381. The lowest BCUT2D eigenvalue weighted by Gasteiger charge is -2.32. The third-order valence-electron chi connectivity index (χ3n) is 4.87. The molecule has 0 aromatic heterocycles. The largest absolute Gasteiger partial charge is 0.494 e. The van der Waals surface area contributed by atoms with Crippen LogP contribution < -0.4 is 10.1 Å². The van der Waals surface area contributed by atoms with Gasteiger partial charge in [-0.2, -0.15) is 0 Å². The number of ether oxygens (including phenoxy) is 1. The van der Waals surface area contributed by atoms with Gasteiger partial charge >= 0.3 is 0 Å². The lowest BCUT2D eigenvalue weighted by molar-refractivity contribution is 0.0930. The van der Waals surface area contributed by atoms with Crippen molar-refractivity contribution in [2.75, 3.05) is 26.7 Å². The summed E-state index contributed by atoms with van der Waals surface area (Å²) in [6, 6.07) is 13.7. The van der Waals surface area contributed by atoms with Gasteiger partial charge in [0.2, 0.25) is 0 Å². The van der Waals surface area contributed by atoms with Gasteiger partial charge in [0, 0.05) is 25.2 Å². The van der Waals surface area contributed by atoms with Gasteiger partial charge in [-0.05, 0) is 43.0 Å². The smallest absolute Gasteiger partial charge is 0.251 e. The first-order valence-corrected chi connectivity index (χ1v) is 9.90. The Labute approximate surface area is 170 Å². The fourth-order valence-electron chi connectivity index (χ4n) is 3.53. The predicted octanol–water partition coefficient (Wildman–Crippen LogP) is 4.64. The first kappa shape index (κ1) is 20.0. The number of halogens is 2. The average Bonchev–Trinajstić information content (AvgIpc) is 2.67. The number of nitrogens with one attached hydrogen (secondary N) is 1. The Hall–Kier alpha value is -1.75. The van der Waals surface area contributed by atoms with E-state index in [2.05, 4.69) is 34.5 Å². The van der Waals surface area contributed by atoms with Crippen LogP contribution in [-0.4, -0.2) is 37.6 Å². The van der Waals surface area contributed by atoms with Crippen LogP contribution in [0.3, 0.4) is 0 Å². The average molecular weight is 407 g/mol. The van der Waals surface area contributed by atoms with Crippen molar-refractivity contribution in [2.24, 2.45) is 5.92 Å². The van der Waals surface area contributed by atoms with E-state index in [1.54, 1.807) is 12.1 Å². The van der Waals surface area contributed by atoms with Gasteiger partial charge in [0.1, 0.15) is 0 Å². The van der Waals surface area contributed by atoms with E-state index in [0.717, 1.165) is 32.5 Å². The van der Waals surface area contributed by atoms with Crippen LogP contribution in [0.5, 0.6) is 5.75 Å². The number of hydrogen-bond donors (Lipinski definition) is 1. The lowest BCUT2D eigenvalue weighted by atomic mass is 9.97. The highest BCUT2D eigenvalue weighted by atomic mass is 35.5. The van der Waals surface area contributed by atoms with Crippen LogP contribution in [0, 0.1) is 5.92 Å². The second kappa shape index (κ2) is 9.45. The zero-order valence-corrected chi connectivity index (χ0v) is 16.9. The van der Waals surface area contributed by atoms with Gasteiger partial charge < -0.3 is 10.1 Å². The zero-order chi connectivity index (χ0) is 19.2. The standard InChI is InChI=1S/C21H24Cl2N2O2/c1-27-20-18(22)10-17(11-19(20)23)21(26)24-12-16-8-5-9-25(14-16)13-15-6-3-2-4-7-15/h2-4,6-7,10-11,16H,5,8-9,12-14H2,1H3,(H,24,26)/t16-/m0/s1. The third-order valence-corrected chi connectivity index (χ3v) is 5.43. The number of rotatable bonds is 6. The quantitative estimate of drug-likeness (QED) is 0.759. The van der Waals surface area contributed by atoms with Crippen LogP contribution in [0.15, 0.2) is 42.5 Å². The molecule has 1 aliphatic rings. The van der Waals surface area contributed by atoms with Crippen LogP contribution in [0.1, 0.15) is 28.8 Å². The highest BCUT2D eigenvalue weighted by Gasteiger charge is 2.21. The van der Waals surface area contributed by atoms with Crippen molar-refractivity contribution in [3.63, 3.8) is 0 Å². The van der Waals surface area contributed by atoms with E-state index < -0.39 is 0 Å². The summed E-state index contributed by atoms with van der Waals surface area (Å²) in [5.74, 6) is 0.663. The maximum Gasteiger partial charge on any atom is 0.251 e. The predicted molar refractivity (Wildman–Crippen MR) is 110 cm³/mol. The number of likely N-dealkylation sites (tertiary alicyclic amines) is 1. The van der Waals surface area contributed by atoms with E-state index in [0.29, 0.717) is 33.8 Å². The van der Waals surface area contributed by atoms with Crippen molar-refractivity contribution in [1.29, 1.82) is 0 Å². The van der Waals surface area contributed by atoms with Crippen molar-refractivity contribution >= 4 is 29.1 Å². The lowest BCUT2D eigenvalue weighted by Crippen LogP contribution is -2.40. The first-order chi connectivity index (χ1) is 13.1. The molecule has 0 radical (unpaired) electrons. The minimum Gasteiger partial charge on any atom is -0.494 e. The Morgan fingerprint density at radius 2 is 1.93 bits per heavy atom. The number of nitrogens with zero attached hydrogens (tertiary/aromatic N) is 1. The highest BCUT2D eigenvalue weighted by Crippen LogP contribution is 2.33. The minimum atomic E-state index is -0.165.